The molecule has 2 aromatic rings. The van der Waals surface area contributed by atoms with Gasteiger partial charge in [0.2, 0.25) is 11.8 Å². The summed E-state index contributed by atoms with van der Waals surface area (Å²) in [5.41, 5.74) is 5.18. The third-order valence-electron chi connectivity index (χ3n) is 3.17. The number of amides is 2. The van der Waals surface area contributed by atoms with E-state index in [2.05, 4.69) is 38.4 Å². The van der Waals surface area contributed by atoms with Crippen molar-refractivity contribution in [2.24, 2.45) is 5.10 Å². The zero-order valence-electron chi connectivity index (χ0n) is 13.3. The highest BCUT2D eigenvalue weighted by Gasteiger charge is 2.06. The van der Waals surface area contributed by atoms with Crippen LogP contribution in [-0.4, -0.2) is 18.0 Å². The SMILES string of the molecule is Cc1ccc(NC(=O)CCC(=O)NN=Cc2cccc(I)c2)cc1. The van der Waals surface area contributed by atoms with Gasteiger partial charge in [0.15, 0.2) is 0 Å². The summed E-state index contributed by atoms with van der Waals surface area (Å²) in [6.07, 6.45) is 1.77. The van der Waals surface area contributed by atoms with Crippen LogP contribution >= 0.6 is 22.6 Å². The molecular weight excluding hydrogens is 417 g/mol. The number of carbonyl (C=O) groups is 2. The summed E-state index contributed by atoms with van der Waals surface area (Å²) in [6, 6.07) is 15.2. The molecule has 0 aliphatic carbocycles. The number of hydrogen-bond donors (Lipinski definition) is 2. The van der Waals surface area contributed by atoms with Gasteiger partial charge in [-0.3, -0.25) is 9.59 Å². The number of aryl methyl sites for hydroxylation is 1. The van der Waals surface area contributed by atoms with E-state index >= 15 is 0 Å². The number of anilines is 1. The van der Waals surface area contributed by atoms with E-state index in [0.717, 1.165) is 20.4 Å². The molecule has 124 valence electrons. The van der Waals surface area contributed by atoms with Gasteiger partial charge in [-0.1, -0.05) is 29.8 Å². The monoisotopic (exact) mass is 435 g/mol. The fourth-order valence-corrected chi connectivity index (χ4v) is 2.48. The molecule has 0 heterocycles. The molecule has 24 heavy (non-hydrogen) atoms. The number of benzene rings is 2. The zero-order valence-corrected chi connectivity index (χ0v) is 15.4. The fourth-order valence-electron chi connectivity index (χ4n) is 1.91. The van der Waals surface area contributed by atoms with Crippen molar-refractivity contribution in [2.75, 3.05) is 5.32 Å². The third-order valence-corrected chi connectivity index (χ3v) is 3.84. The van der Waals surface area contributed by atoms with Gasteiger partial charge in [0, 0.05) is 22.1 Å². The van der Waals surface area contributed by atoms with Crippen LogP contribution in [-0.2, 0) is 9.59 Å². The summed E-state index contributed by atoms with van der Waals surface area (Å²) in [5.74, 6) is -0.494. The predicted molar refractivity (Wildman–Crippen MR) is 104 cm³/mol. The second kappa shape index (κ2) is 9.17. The Balaban J connectivity index is 1.72. The second-order valence-electron chi connectivity index (χ2n) is 5.26. The van der Waals surface area contributed by atoms with Crippen LogP contribution in [0.2, 0.25) is 0 Å². The highest BCUT2D eigenvalue weighted by molar-refractivity contribution is 14.1. The molecule has 0 unspecified atom stereocenters. The van der Waals surface area contributed by atoms with Gasteiger partial charge in [0.1, 0.15) is 0 Å². The van der Waals surface area contributed by atoms with Crippen LogP contribution < -0.4 is 10.7 Å². The van der Waals surface area contributed by atoms with Crippen molar-refractivity contribution in [1.82, 2.24) is 5.43 Å². The number of nitrogens with one attached hydrogen (secondary N) is 2. The van der Waals surface area contributed by atoms with E-state index in [1.807, 2.05) is 55.5 Å². The summed E-state index contributed by atoms with van der Waals surface area (Å²) in [6.45, 7) is 1.98. The van der Waals surface area contributed by atoms with Crippen molar-refractivity contribution in [3.05, 3.63) is 63.2 Å². The Morgan fingerprint density at radius 3 is 2.50 bits per heavy atom. The lowest BCUT2D eigenvalue weighted by Gasteiger charge is -2.05. The number of hydrogen-bond acceptors (Lipinski definition) is 3. The average molecular weight is 435 g/mol. The Bertz CT molecular complexity index is 742. The fraction of sp³-hybridized carbons (Fsp3) is 0.167. The van der Waals surface area contributed by atoms with E-state index in [-0.39, 0.29) is 24.7 Å². The van der Waals surface area contributed by atoms with E-state index in [1.54, 1.807) is 6.21 Å². The van der Waals surface area contributed by atoms with Gasteiger partial charge >= 0.3 is 0 Å². The normalized spacial score (nSPS) is 10.6. The highest BCUT2D eigenvalue weighted by atomic mass is 127. The van der Waals surface area contributed by atoms with E-state index in [0.29, 0.717) is 0 Å². The maximum Gasteiger partial charge on any atom is 0.240 e. The topological polar surface area (TPSA) is 70.6 Å². The minimum Gasteiger partial charge on any atom is -0.326 e. The Hall–Kier alpha value is -2.22. The quantitative estimate of drug-likeness (QED) is 0.415. The van der Waals surface area contributed by atoms with Crippen molar-refractivity contribution in [2.45, 2.75) is 19.8 Å². The van der Waals surface area contributed by atoms with Gasteiger partial charge in [-0.05, 0) is 59.3 Å². The van der Waals surface area contributed by atoms with Crippen molar-refractivity contribution in [3.63, 3.8) is 0 Å². The summed E-state index contributed by atoms with van der Waals surface area (Å²) >= 11 is 2.21. The number of carbonyl (C=O) groups excluding carboxylic acids is 2. The van der Waals surface area contributed by atoms with Crippen LogP contribution in [0.5, 0.6) is 0 Å². The van der Waals surface area contributed by atoms with E-state index in [1.165, 1.54) is 0 Å². The third kappa shape index (κ3) is 6.49. The maximum atomic E-state index is 11.8. The molecule has 2 aromatic carbocycles. The maximum absolute atomic E-state index is 11.8. The first-order valence-electron chi connectivity index (χ1n) is 7.47. The molecule has 2 amide bonds. The van der Waals surface area contributed by atoms with Crippen molar-refractivity contribution in [3.8, 4) is 0 Å². The first kappa shape index (κ1) is 18.1. The minimum absolute atomic E-state index is 0.0847. The van der Waals surface area contributed by atoms with Gasteiger partial charge in [-0.15, -0.1) is 0 Å². The van der Waals surface area contributed by atoms with Crippen molar-refractivity contribution in [1.29, 1.82) is 0 Å². The summed E-state index contributed by atoms with van der Waals surface area (Å²) in [5, 5.41) is 6.65. The molecule has 0 aliphatic heterocycles. The number of nitrogens with zero attached hydrogens (tertiary/aromatic N) is 1. The van der Waals surface area contributed by atoms with Crippen LogP contribution in [0.4, 0.5) is 5.69 Å². The van der Waals surface area contributed by atoms with Gasteiger partial charge < -0.3 is 5.32 Å². The molecule has 6 heteroatoms. The second-order valence-corrected chi connectivity index (χ2v) is 6.51. The molecule has 0 atom stereocenters. The standard InChI is InChI=1S/C18H18IN3O2/c1-13-5-7-16(8-6-13)21-17(23)9-10-18(24)22-20-12-14-3-2-4-15(19)11-14/h2-8,11-12H,9-10H2,1H3,(H,21,23)(H,22,24). The van der Waals surface area contributed by atoms with Crippen molar-refractivity contribution < 1.29 is 9.59 Å². The van der Waals surface area contributed by atoms with Crippen LogP contribution in [0.3, 0.4) is 0 Å². The molecule has 0 radical (unpaired) electrons. The first-order valence-corrected chi connectivity index (χ1v) is 8.55. The molecule has 0 spiro atoms. The Labute approximate surface area is 154 Å². The van der Waals surface area contributed by atoms with Gasteiger partial charge in [-0.25, -0.2) is 5.43 Å². The summed E-state index contributed by atoms with van der Waals surface area (Å²) in [7, 11) is 0. The molecule has 0 aromatic heterocycles. The Morgan fingerprint density at radius 2 is 1.79 bits per heavy atom. The van der Waals surface area contributed by atoms with E-state index < -0.39 is 0 Å². The Morgan fingerprint density at radius 1 is 1.08 bits per heavy atom. The van der Waals surface area contributed by atoms with Crippen LogP contribution in [0, 0.1) is 10.5 Å². The van der Waals surface area contributed by atoms with Gasteiger partial charge in [-0.2, -0.15) is 5.10 Å². The van der Waals surface area contributed by atoms with Crippen LogP contribution in [0.25, 0.3) is 0 Å². The molecule has 5 nitrogen and oxygen atoms in total. The minimum atomic E-state index is -0.295. The van der Waals surface area contributed by atoms with Crippen LogP contribution in [0.1, 0.15) is 24.0 Å². The van der Waals surface area contributed by atoms with Gasteiger partial charge in [0.25, 0.3) is 0 Å². The molecule has 0 bridgehead atoms. The Kier molecular flexibility index (Phi) is 6.92. The molecular formula is C18H18IN3O2. The number of hydrazone groups is 1. The highest BCUT2D eigenvalue weighted by Crippen LogP contribution is 2.09. The molecule has 2 N–H and O–H groups in total. The lowest BCUT2D eigenvalue weighted by atomic mass is 10.2. The average Bonchev–Trinajstić information content (AvgIpc) is 2.55. The molecule has 2 rings (SSSR count). The lowest BCUT2D eigenvalue weighted by Crippen LogP contribution is -2.20. The van der Waals surface area contributed by atoms with E-state index in [9.17, 15) is 9.59 Å². The van der Waals surface area contributed by atoms with Gasteiger partial charge in [0.05, 0.1) is 6.21 Å². The van der Waals surface area contributed by atoms with Crippen molar-refractivity contribution >= 4 is 46.3 Å². The summed E-state index contributed by atoms with van der Waals surface area (Å²) < 4.78 is 1.09. The molecule has 0 fully saturated rings. The molecule has 0 aliphatic rings. The smallest absolute Gasteiger partial charge is 0.240 e. The largest absolute Gasteiger partial charge is 0.326 e. The molecule has 0 saturated heterocycles. The number of rotatable bonds is 6. The molecule has 0 saturated carbocycles. The van der Waals surface area contributed by atoms with E-state index in [4.69, 9.17) is 0 Å². The van der Waals surface area contributed by atoms with Crippen LogP contribution in [0.15, 0.2) is 53.6 Å². The lowest BCUT2D eigenvalue weighted by molar-refractivity contribution is -0.124. The zero-order chi connectivity index (χ0) is 17.4. The predicted octanol–water partition coefficient (Wildman–Crippen LogP) is 3.47. The number of halogens is 1. The summed E-state index contributed by atoms with van der Waals surface area (Å²) in [4.78, 5) is 23.5. The first-order chi connectivity index (χ1) is 11.5.